The number of amides is 1. The Labute approximate surface area is 125 Å². The molecule has 0 bridgehead atoms. The topological polar surface area (TPSA) is 55.4 Å². The summed E-state index contributed by atoms with van der Waals surface area (Å²) in [5, 5.41) is 2.54. The van der Waals surface area contributed by atoms with Gasteiger partial charge in [0, 0.05) is 6.42 Å². The van der Waals surface area contributed by atoms with Crippen LogP contribution in [-0.4, -0.2) is 25.0 Å². The first-order chi connectivity index (χ1) is 9.42. The molecule has 0 fully saturated rings. The molecule has 0 aliphatic heterocycles. The second-order valence-corrected chi connectivity index (χ2v) is 5.29. The normalized spacial score (nSPS) is 11.6. The Morgan fingerprint density at radius 2 is 2.20 bits per heavy atom. The molecule has 1 N–H and O–H groups in total. The van der Waals surface area contributed by atoms with Crippen molar-refractivity contribution in [3.63, 3.8) is 0 Å². The monoisotopic (exact) mass is 343 g/mol. The highest BCUT2D eigenvalue weighted by Crippen LogP contribution is 2.11. The molecule has 0 radical (unpaired) electrons. The predicted octanol–water partition coefficient (Wildman–Crippen LogP) is 2.32. The Morgan fingerprint density at radius 1 is 1.50 bits per heavy atom. The Bertz CT molecular complexity index is 519. The van der Waals surface area contributed by atoms with Gasteiger partial charge in [0.2, 0.25) is 5.91 Å². The molecule has 1 amide bonds. The summed E-state index contributed by atoms with van der Waals surface area (Å²) in [5.41, 5.74) is 0.531. The van der Waals surface area contributed by atoms with Crippen molar-refractivity contribution in [1.82, 2.24) is 5.32 Å². The van der Waals surface area contributed by atoms with E-state index in [0.717, 1.165) is 0 Å². The number of methoxy groups -OCH3 is 1. The minimum absolute atomic E-state index is 0.0139. The summed E-state index contributed by atoms with van der Waals surface area (Å²) in [6.45, 7) is 3.62. The second-order valence-electron chi connectivity index (χ2n) is 4.17. The van der Waals surface area contributed by atoms with Crippen molar-refractivity contribution in [2.24, 2.45) is 0 Å². The Hall–Kier alpha value is -1.69. The number of carbonyl (C=O) groups excluding carboxylic acids is 2. The molecule has 0 spiro atoms. The van der Waals surface area contributed by atoms with Gasteiger partial charge in [0.15, 0.2) is 0 Å². The minimum atomic E-state index is -0.812. The van der Waals surface area contributed by atoms with Gasteiger partial charge in [0.1, 0.15) is 11.9 Å². The molecule has 0 aliphatic carbocycles. The lowest BCUT2D eigenvalue weighted by molar-refractivity contribution is -0.144. The number of hydrogen-bond acceptors (Lipinski definition) is 3. The molecule has 4 nitrogen and oxygen atoms in total. The Morgan fingerprint density at radius 3 is 2.75 bits per heavy atom. The SMILES string of the molecule is C=C(Br)C[C@H](NC(=O)Cc1cccc(F)c1)C(=O)OC. The number of esters is 1. The lowest BCUT2D eigenvalue weighted by atomic mass is 10.1. The van der Waals surface area contributed by atoms with Crippen molar-refractivity contribution >= 4 is 27.8 Å². The van der Waals surface area contributed by atoms with Gasteiger partial charge in [0.25, 0.3) is 0 Å². The lowest BCUT2D eigenvalue weighted by Crippen LogP contribution is -2.42. The molecule has 108 valence electrons. The van der Waals surface area contributed by atoms with E-state index in [1.54, 1.807) is 6.07 Å². The number of benzene rings is 1. The number of carbonyl (C=O) groups is 2. The van der Waals surface area contributed by atoms with E-state index in [0.29, 0.717) is 10.0 Å². The van der Waals surface area contributed by atoms with Gasteiger partial charge in [-0.25, -0.2) is 9.18 Å². The van der Waals surface area contributed by atoms with Crippen molar-refractivity contribution in [2.45, 2.75) is 18.9 Å². The first kappa shape index (κ1) is 16.4. The molecular formula is C14H15BrFNO3. The zero-order valence-electron chi connectivity index (χ0n) is 11.0. The summed E-state index contributed by atoms with van der Waals surface area (Å²) < 4.78 is 18.2. The summed E-state index contributed by atoms with van der Waals surface area (Å²) in [4.78, 5) is 23.4. The number of rotatable bonds is 6. The standard InChI is InChI=1S/C14H15BrFNO3/c1-9(15)6-12(14(19)20-2)17-13(18)8-10-4-3-5-11(16)7-10/h3-5,7,12H,1,6,8H2,2H3,(H,17,18)/t12-/m0/s1. The highest BCUT2D eigenvalue weighted by atomic mass is 79.9. The average molecular weight is 344 g/mol. The molecular weight excluding hydrogens is 329 g/mol. The van der Waals surface area contributed by atoms with E-state index >= 15 is 0 Å². The summed E-state index contributed by atoms with van der Waals surface area (Å²) in [7, 11) is 1.24. The van der Waals surface area contributed by atoms with E-state index in [9.17, 15) is 14.0 Å². The molecule has 20 heavy (non-hydrogen) atoms. The number of hydrogen-bond donors (Lipinski definition) is 1. The summed E-state index contributed by atoms with van der Waals surface area (Å²) >= 11 is 3.14. The molecule has 0 aromatic heterocycles. The van der Waals surface area contributed by atoms with Gasteiger partial charge >= 0.3 is 5.97 Å². The highest BCUT2D eigenvalue weighted by Gasteiger charge is 2.21. The van der Waals surface area contributed by atoms with E-state index in [1.165, 1.54) is 25.3 Å². The minimum Gasteiger partial charge on any atom is -0.467 e. The number of halogens is 2. The van der Waals surface area contributed by atoms with Crippen LogP contribution in [0, 0.1) is 5.82 Å². The van der Waals surface area contributed by atoms with Gasteiger partial charge in [-0.1, -0.05) is 34.6 Å². The van der Waals surface area contributed by atoms with Crippen LogP contribution in [0.5, 0.6) is 0 Å². The van der Waals surface area contributed by atoms with Gasteiger partial charge in [-0.05, 0) is 22.2 Å². The first-order valence-electron chi connectivity index (χ1n) is 5.87. The van der Waals surface area contributed by atoms with E-state index in [-0.39, 0.29) is 18.7 Å². The molecule has 0 aliphatic rings. The van der Waals surface area contributed by atoms with Crippen LogP contribution in [0.25, 0.3) is 0 Å². The molecule has 1 rings (SSSR count). The number of ether oxygens (including phenoxy) is 1. The molecule has 0 saturated heterocycles. The summed E-state index contributed by atoms with van der Waals surface area (Å²) in [5.74, 6) is -1.36. The third kappa shape index (κ3) is 5.52. The van der Waals surface area contributed by atoms with Crippen LogP contribution in [0.15, 0.2) is 35.3 Å². The van der Waals surface area contributed by atoms with Crippen molar-refractivity contribution in [3.05, 3.63) is 46.7 Å². The van der Waals surface area contributed by atoms with Gasteiger partial charge in [-0.3, -0.25) is 4.79 Å². The van der Waals surface area contributed by atoms with E-state index < -0.39 is 17.8 Å². The molecule has 0 heterocycles. The summed E-state index contributed by atoms with van der Waals surface area (Å²) in [6.07, 6.45) is 0.210. The fourth-order valence-electron chi connectivity index (χ4n) is 1.63. The van der Waals surface area contributed by atoms with Crippen LogP contribution in [0.3, 0.4) is 0 Å². The van der Waals surface area contributed by atoms with Crippen LogP contribution < -0.4 is 5.32 Å². The Kier molecular flexibility index (Phi) is 6.38. The van der Waals surface area contributed by atoms with Crippen molar-refractivity contribution in [3.8, 4) is 0 Å². The zero-order valence-corrected chi connectivity index (χ0v) is 12.6. The van der Waals surface area contributed by atoms with Crippen LogP contribution in [-0.2, 0) is 20.7 Å². The van der Waals surface area contributed by atoms with Crippen LogP contribution in [0.1, 0.15) is 12.0 Å². The molecule has 1 aromatic carbocycles. The largest absolute Gasteiger partial charge is 0.467 e. The van der Waals surface area contributed by atoms with Crippen molar-refractivity contribution in [1.29, 1.82) is 0 Å². The average Bonchev–Trinajstić information content (AvgIpc) is 2.36. The van der Waals surface area contributed by atoms with E-state index in [2.05, 4.69) is 32.6 Å². The van der Waals surface area contributed by atoms with Crippen LogP contribution in [0.4, 0.5) is 4.39 Å². The van der Waals surface area contributed by atoms with Gasteiger partial charge < -0.3 is 10.1 Å². The van der Waals surface area contributed by atoms with Gasteiger partial charge in [-0.15, -0.1) is 0 Å². The zero-order chi connectivity index (χ0) is 15.1. The maximum absolute atomic E-state index is 13.0. The molecule has 1 aromatic rings. The molecule has 0 saturated carbocycles. The lowest BCUT2D eigenvalue weighted by Gasteiger charge is -2.16. The first-order valence-corrected chi connectivity index (χ1v) is 6.66. The van der Waals surface area contributed by atoms with Gasteiger partial charge in [0.05, 0.1) is 13.5 Å². The van der Waals surface area contributed by atoms with E-state index in [1.807, 2.05) is 0 Å². The predicted molar refractivity (Wildman–Crippen MR) is 76.7 cm³/mol. The second kappa shape index (κ2) is 7.79. The molecule has 0 unspecified atom stereocenters. The maximum Gasteiger partial charge on any atom is 0.328 e. The maximum atomic E-state index is 13.0. The quantitative estimate of drug-likeness (QED) is 0.806. The molecule has 6 heteroatoms. The highest BCUT2D eigenvalue weighted by molar-refractivity contribution is 9.11. The fraction of sp³-hybridized carbons (Fsp3) is 0.286. The Balaban J connectivity index is 2.66. The van der Waals surface area contributed by atoms with Crippen LogP contribution in [0.2, 0.25) is 0 Å². The van der Waals surface area contributed by atoms with Gasteiger partial charge in [-0.2, -0.15) is 0 Å². The van der Waals surface area contributed by atoms with Crippen molar-refractivity contribution < 1.29 is 18.7 Å². The summed E-state index contributed by atoms with van der Waals surface area (Å²) in [6, 6.07) is 4.92. The molecule has 1 atom stereocenters. The van der Waals surface area contributed by atoms with E-state index in [4.69, 9.17) is 0 Å². The smallest absolute Gasteiger partial charge is 0.328 e. The third-order valence-corrected chi connectivity index (χ3v) is 2.82. The number of nitrogens with one attached hydrogen (secondary N) is 1. The third-order valence-electron chi connectivity index (χ3n) is 2.50. The van der Waals surface area contributed by atoms with Crippen LogP contribution >= 0.6 is 15.9 Å². The fourth-order valence-corrected chi connectivity index (χ4v) is 1.96. The van der Waals surface area contributed by atoms with Crippen molar-refractivity contribution in [2.75, 3.05) is 7.11 Å².